The van der Waals surface area contributed by atoms with Crippen LogP contribution >= 0.6 is 0 Å². The molecule has 0 saturated carbocycles. The zero-order valence-corrected chi connectivity index (χ0v) is 8.01. The minimum atomic E-state index is 0.766. The van der Waals surface area contributed by atoms with Crippen LogP contribution in [0.4, 0.5) is 11.4 Å². The van der Waals surface area contributed by atoms with Crippen molar-refractivity contribution in [3.63, 3.8) is 0 Å². The fraction of sp³-hybridized carbons (Fsp3) is 0.400. The maximum absolute atomic E-state index is 5.78. The molecule has 0 atom stereocenters. The smallest absolute Gasteiger partial charge is 0.0361 e. The van der Waals surface area contributed by atoms with Crippen LogP contribution in [0.5, 0.6) is 0 Å². The molecule has 1 aromatic rings. The molecule has 0 aromatic heterocycles. The highest BCUT2D eigenvalue weighted by Crippen LogP contribution is 2.14. The van der Waals surface area contributed by atoms with Crippen LogP contribution in [0.15, 0.2) is 18.2 Å². The van der Waals surface area contributed by atoms with Gasteiger partial charge in [0.25, 0.3) is 0 Å². The molecule has 0 heterocycles. The molecule has 0 amide bonds. The van der Waals surface area contributed by atoms with E-state index in [0.29, 0.717) is 0 Å². The van der Waals surface area contributed by atoms with E-state index in [9.17, 15) is 0 Å². The summed E-state index contributed by atoms with van der Waals surface area (Å²) in [6.45, 7) is 3.94. The van der Waals surface area contributed by atoms with Crippen molar-refractivity contribution in [2.45, 2.75) is 19.9 Å². The zero-order chi connectivity index (χ0) is 9.68. The van der Waals surface area contributed by atoms with Crippen molar-refractivity contribution < 1.29 is 0 Å². The largest absolute Gasteiger partial charge is 0.399 e. The first-order valence-corrected chi connectivity index (χ1v) is 4.58. The second-order valence-electron chi connectivity index (χ2n) is 3.14. The fourth-order valence-electron chi connectivity index (χ4n) is 1.18. The Labute approximate surface area is 79.1 Å². The average Bonchev–Trinajstić information content (AvgIpc) is 2.11. The van der Waals surface area contributed by atoms with E-state index in [2.05, 4.69) is 12.2 Å². The fourth-order valence-corrected chi connectivity index (χ4v) is 1.18. The molecule has 0 aliphatic heterocycles. The number of benzene rings is 1. The number of anilines is 2. The third kappa shape index (κ3) is 2.95. The van der Waals surface area contributed by atoms with Crippen molar-refractivity contribution in [2.24, 2.45) is 0 Å². The van der Waals surface area contributed by atoms with Gasteiger partial charge in [-0.1, -0.05) is 6.92 Å². The summed E-state index contributed by atoms with van der Waals surface area (Å²) in [5, 5.41) is 3.28. The Kier molecular flexibility index (Phi) is 3.58. The molecule has 0 spiro atoms. The summed E-state index contributed by atoms with van der Waals surface area (Å²) in [5.41, 5.74) is 14.1. The lowest BCUT2D eigenvalue weighted by Crippen LogP contribution is -2.15. The molecular formula is C10H17N3. The van der Waals surface area contributed by atoms with Gasteiger partial charge < -0.3 is 16.8 Å². The van der Waals surface area contributed by atoms with Crippen LogP contribution in [0.2, 0.25) is 0 Å². The first-order valence-electron chi connectivity index (χ1n) is 4.58. The molecule has 0 aliphatic rings. The van der Waals surface area contributed by atoms with Gasteiger partial charge in [0, 0.05) is 17.9 Å². The van der Waals surface area contributed by atoms with Crippen molar-refractivity contribution in [1.82, 2.24) is 5.32 Å². The molecule has 13 heavy (non-hydrogen) atoms. The summed E-state index contributed by atoms with van der Waals surface area (Å²) in [6, 6.07) is 5.58. The Morgan fingerprint density at radius 1 is 1.31 bits per heavy atom. The topological polar surface area (TPSA) is 64.1 Å². The van der Waals surface area contributed by atoms with Gasteiger partial charge in [0.05, 0.1) is 0 Å². The van der Waals surface area contributed by atoms with E-state index in [1.54, 1.807) is 0 Å². The Balaban J connectivity index is 2.59. The number of nitrogens with one attached hydrogen (secondary N) is 1. The molecule has 0 fully saturated rings. The Morgan fingerprint density at radius 3 is 2.77 bits per heavy atom. The average molecular weight is 179 g/mol. The van der Waals surface area contributed by atoms with Gasteiger partial charge in [-0.15, -0.1) is 0 Å². The van der Waals surface area contributed by atoms with Crippen LogP contribution < -0.4 is 16.8 Å². The molecule has 1 rings (SSSR count). The van der Waals surface area contributed by atoms with Gasteiger partial charge in [-0.3, -0.25) is 0 Å². The third-order valence-electron chi connectivity index (χ3n) is 1.91. The van der Waals surface area contributed by atoms with E-state index < -0.39 is 0 Å². The van der Waals surface area contributed by atoms with E-state index in [1.165, 1.54) is 0 Å². The summed E-state index contributed by atoms with van der Waals surface area (Å²) < 4.78 is 0. The summed E-state index contributed by atoms with van der Waals surface area (Å²) >= 11 is 0. The number of nitrogens with two attached hydrogens (primary N) is 2. The maximum Gasteiger partial charge on any atom is 0.0361 e. The van der Waals surface area contributed by atoms with Crippen LogP contribution in [0.25, 0.3) is 0 Å². The lowest BCUT2D eigenvalue weighted by molar-refractivity contribution is 0.676. The molecule has 0 radical (unpaired) electrons. The Bertz CT molecular complexity index is 271. The lowest BCUT2D eigenvalue weighted by Gasteiger charge is -2.07. The Hall–Kier alpha value is -1.22. The van der Waals surface area contributed by atoms with Gasteiger partial charge in [0.2, 0.25) is 0 Å². The molecule has 0 saturated heterocycles. The van der Waals surface area contributed by atoms with E-state index in [1.807, 2.05) is 18.2 Å². The van der Waals surface area contributed by atoms with Crippen molar-refractivity contribution in [2.75, 3.05) is 18.0 Å². The van der Waals surface area contributed by atoms with Gasteiger partial charge in [-0.2, -0.15) is 0 Å². The summed E-state index contributed by atoms with van der Waals surface area (Å²) in [6.07, 6.45) is 1.13. The number of hydrogen-bond acceptors (Lipinski definition) is 3. The molecule has 0 bridgehead atoms. The van der Waals surface area contributed by atoms with Crippen molar-refractivity contribution in [1.29, 1.82) is 0 Å². The van der Waals surface area contributed by atoms with Gasteiger partial charge in [-0.05, 0) is 36.7 Å². The van der Waals surface area contributed by atoms with Gasteiger partial charge >= 0.3 is 0 Å². The molecule has 72 valence electrons. The first-order chi connectivity index (χ1) is 6.24. The highest BCUT2D eigenvalue weighted by molar-refractivity contribution is 5.55. The molecule has 0 unspecified atom stereocenters. The van der Waals surface area contributed by atoms with E-state index >= 15 is 0 Å². The standard InChI is InChI=1S/C10H17N3/c1-2-5-13-7-8-6-9(11)3-4-10(8)12/h3-4,6,13H,2,5,7,11-12H2,1H3. The van der Waals surface area contributed by atoms with Crippen LogP contribution in [-0.2, 0) is 6.54 Å². The van der Waals surface area contributed by atoms with Crippen LogP contribution in [-0.4, -0.2) is 6.54 Å². The highest BCUT2D eigenvalue weighted by atomic mass is 14.8. The summed E-state index contributed by atoms with van der Waals surface area (Å²) in [7, 11) is 0. The normalized spacial score (nSPS) is 10.2. The molecule has 1 aromatic carbocycles. The van der Waals surface area contributed by atoms with Crippen molar-refractivity contribution in [3.8, 4) is 0 Å². The van der Waals surface area contributed by atoms with Crippen molar-refractivity contribution in [3.05, 3.63) is 23.8 Å². The second kappa shape index (κ2) is 4.72. The van der Waals surface area contributed by atoms with E-state index in [0.717, 1.165) is 36.4 Å². The maximum atomic E-state index is 5.78. The van der Waals surface area contributed by atoms with Gasteiger partial charge in [-0.25, -0.2) is 0 Å². The van der Waals surface area contributed by atoms with Crippen LogP contribution in [0.3, 0.4) is 0 Å². The SMILES string of the molecule is CCCNCc1cc(N)ccc1N. The van der Waals surface area contributed by atoms with E-state index in [-0.39, 0.29) is 0 Å². The number of rotatable bonds is 4. The predicted molar refractivity (Wildman–Crippen MR) is 57.3 cm³/mol. The lowest BCUT2D eigenvalue weighted by atomic mass is 10.1. The molecule has 5 N–H and O–H groups in total. The predicted octanol–water partition coefficient (Wildman–Crippen LogP) is 1.35. The van der Waals surface area contributed by atoms with Crippen LogP contribution in [0.1, 0.15) is 18.9 Å². The minimum absolute atomic E-state index is 0.766. The van der Waals surface area contributed by atoms with Gasteiger partial charge in [0.1, 0.15) is 0 Å². The second-order valence-corrected chi connectivity index (χ2v) is 3.14. The molecular weight excluding hydrogens is 162 g/mol. The minimum Gasteiger partial charge on any atom is -0.399 e. The van der Waals surface area contributed by atoms with Gasteiger partial charge in [0.15, 0.2) is 0 Å². The monoisotopic (exact) mass is 179 g/mol. The first kappa shape index (κ1) is 9.86. The molecule has 0 aliphatic carbocycles. The quantitative estimate of drug-likeness (QED) is 0.483. The number of nitrogen functional groups attached to an aromatic ring is 2. The van der Waals surface area contributed by atoms with E-state index in [4.69, 9.17) is 11.5 Å². The molecule has 3 heteroatoms. The van der Waals surface area contributed by atoms with Crippen LogP contribution in [0, 0.1) is 0 Å². The summed E-state index contributed by atoms with van der Waals surface area (Å²) in [5.74, 6) is 0. The zero-order valence-electron chi connectivity index (χ0n) is 8.01. The van der Waals surface area contributed by atoms with Crippen molar-refractivity contribution >= 4 is 11.4 Å². The third-order valence-corrected chi connectivity index (χ3v) is 1.91. The molecule has 3 nitrogen and oxygen atoms in total. The Morgan fingerprint density at radius 2 is 2.08 bits per heavy atom. The number of hydrogen-bond donors (Lipinski definition) is 3. The highest BCUT2D eigenvalue weighted by Gasteiger charge is 1.98. The summed E-state index contributed by atoms with van der Waals surface area (Å²) in [4.78, 5) is 0.